The smallest absolute Gasteiger partial charge is 0.338 e. The van der Waals surface area contributed by atoms with E-state index in [-0.39, 0.29) is 10.6 Å². The summed E-state index contributed by atoms with van der Waals surface area (Å²) in [4.78, 5) is 35.5. The van der Waals surface area contributed by atoms with Gasteiger partial charge in [-0.3, -0.25) is 4.79 Å². The summed E-state index contributed by atoms with van der Waals surface area (Å²) in [7, 11) is 0. The number of carboxylic acid groups (broad SMARTS) is 1. The van der Waals surface area contributed by atoms with E-state index in [1.54, 1.807) is 13.8 Å². The molecule has 1 saturated heterocycles. The highest BCUT2D eigenvalue weighted by Gasteiger charge is 2.46. The van der Waals surface area contributed by atoms with Gasteiger partial charge in [-0.05, 0) is 25.3 Å². The van der Waals surface area contributed by atoms with Gasteiger partial charge in [-0.2, -0.15) is 0 Å². The van der Waals surface area contributed by atoms with Crippen LogP contribution in [0.2, 0.25) is 0 Å². The number of amides is 3. The third-order valence-electron chi connectivity index (χ3n) is 2.44. The molecule has 3 amide bonds. The fourth-order valence-electron chi connectivity index (χ4n) is 1.57. The number of carbonyl (C=O) groups excluding carboxylic acids is 2. The SMILES string of the molecule is CC1(C)NC(=O)N(c2sccc2C(=O)O)C1=O. The maximum Gasteiger partial charge on any atom is 0.338 e. The molecule has 2 N–H and O–H groups in total. The molecule has 6 nitrogen and oxygen atoms in total. The van der Waals surface area contributed by atoms with E-state index in [0.717, 1.165) is 16.2 Å². The molecule has 0 saturated carbocycles. The summed E-state index contributed by atoms with van der Waals surface area (Å²) in [6, 6.07) is 0.777. The Kier molecular flexibility index (Phi) is 2.43. The summed E-state index contributed by atoms with van der Waals surface area (Å²) in [5.74, 6) is -1.61. The van der Waals surface area contributed by atoms with Gasteiger partial charge in [0.25, 0.3) is 5.91 Å². The first kappa shape index (κ1) is 11.6. The van der Waals surface area contributed by atoms with Crippen LogP contribution in [0.5, 0.6) is 0 Å². The van der Waals surface area contributed by atoms with E-state index in [4.69, 9.17) is 5.11 Å². The van der Waals surface area contributed by atoms with Crippen LogP contribution in [-0.4, -0.2) is 28.6 Å². The molecule has 0 atom stereocenters. The van der Waals surface area contributed by atoms with Crippen molar-refractivity contribution in [1.82, 2.24) is 5.32 Å². The molecule has 1 aromatic heterocycles. The van der Waals surface area contributed by atoms with Crippen LogP contribution in [0.3, 0.4) is 0 Å². The molecule has 17 heavy (non-hydrogen) atoms. The van der Waals surface area contributed by atoms with Gasteiger partial charge < -0.3 is 10.4 Å². The Morgan fingerprint density at radius 1 is 1.47 bits per heavy atom. The lowest BCUT2D eigenvalue weighted by atomic mass is 10.1. The summed E-state index contributed by atoms with van der Waals surface area (Å²) < 4.78 is 0. The van der Waals surface area contributed by atoms with E-state index >= 15 is 0 Å². The number of nitrogens with zero attached hydrogens (tertiary/aromatic N) is 1. The van der Waals surface area contributed by atoms with E-state index in [9.17, 15) is 14.4 Å². The Bertz CT molecular complexity index is 520. The summed E-state index contributed by atoms with van der Waals surface area (Å²) in [5.41, 5.74) is -1.05. The van der Waals surface area contributed by atoms with Gasteiger partial charge >= 0.3 is 12.0 Å². The van der Waals surface area contributed by atoms with Gasteiger partial charge in [-0.1, -0.05) is 0 Å². The van der Waals surface area contributed by atoms with Crippen LogP contribution in [0.25, 0.3) is 0 Å². The molecule has 2 heterocycles. The minimum absolute atomic E-state index is 0.0452. The summed E-state index contributed by atoms with van der Waals surface area (Å²) in [6.45, 7) is 3.14. The van der Waals surface area contributed by atoms with Crippen LogP contribution in [0.1, 0.15) is 24.2 Å². The van der Waals surface area contributed by atoms with Gasteiger partial charge in [0, 0.05) is 0 Å². The van der Waals surface area contributed by atoms with E-state index in [0.29, 0.717) is 0 Å². The van der Waals surface area contributed by atoms with Gasteiger partial charge in [0.1, 0.15) is 10.5 Å². The summed E-state index contributed by atoms with van der Waals surface area (Å²) in [5, 5.41) is 13.1. The Labute approximate surface area is 101 Å². The second-order valence-electron chi connectivity index (χ2n) is 4.14. The third-order valence-corrected chi connectivity index (χ3v) is 3.34. The zero-order chi connectivity index (χ0) is 12.8. The van der Waals surface area contributed by atoms with Crippen LogP contribution in [0, 0.1) is 0 Å². The fraction of sp³-hybridized carbons (Fsp3) is 0.300. The van der Waals surface area contributed by atoms with Gasteiger partial charge in [-0.15, -0.1) is 11.3 Å². The number of hydrogen-bond acceptors (Lipinski definition) is 4. The van der Waals surface area contributed by atoms with Crippen LogP contribution in [-0.2, 0) is 4.79 Å². The van der Waals surface area contributed by atoms with Crippen molar-refractivity contribution in [1.29, 1.82) is 0 Å². The van der Waals surface area contributed by atoms with Crippen molar-refractivity contribution in [2.75, 3.05) is 4.90 Å². The molecular formula is C10H10N2O4S. The maximum atomic E-state index is 12.0. The summed E-state index contributed by atoms with van der Waals surface area (Å²) in [6.07, 6.45) is 0. The quantitative estimate of drug-likeness (QED) is 0.778. The zero-order valence-corrected chi connectivity index (χ0v) is 10.00. The highest BCUT2D eigenvalue weighted by Crippen LogP contribution is 2.32. The largest absolute Gasteiger partial charge is 0.478 e. The monoisotopic (exact) mass is 254 g/mol. The van der Waals surface area contributed by atoms with E-state index in [1.165, 1.54) is 11.4 Å². The van der Waals surface area contributed by atoms with Gasteiger partial charge in [0.2, 0.25) is 0 Å². The number of urea groups is 1. The molecule has 90 valence electrons. The molecule has 2 rings (SSSR count). The molecule has 1 aromatic rings. The molecule has 7 heteroatoms. The second-order valence-corrected chi connectivity index (χ2v) is 5.03. The average molecular weight is 254 g/mol. The molecule has 1 fully saturated rings. The van der Waals surface area contributed by atoms with Crippen molar-refractivity contribution in [3.8, 4) is 0 Å². The van der Waals surface area contributed by atoms with Crippen molar-refractivity contribution in [2.45, 2.75) is 19.4 Å². The number of imide groups is 1. The van der Waals surface area contributed by atoms with Gasteiger partial charge in [0.05, 0.1) is 5.56 Å². The zero-order valence-electron chi connectivity index (χ0n) is 9.18. The molecule has 0 bridgehead atoms. The number of anilines is 1. The molecule has 0 aliphatic carbocycles. The molecule has 0 unspecified atom stereocenters. The highest BCUT2D eigenvalue weighted by atomic mass is 32.1. The average Bonchev–Trinajstić information content (AvgIpc) is 2.71. The van der Waals surface area contributed by atoms with Crippen molar-refractivity contribution >= 4 is 34.2 Å². The highest BCUT2D eigenvalue weighted by molar-refractivity contribution is 7.15. The molecule has 1 aliphatic heterocycles. The van der Waals surface area contributed by atoms with Gasteiger partial charge in [0.15, 0.2) is 0 Å². The number of aromatic carboxylic acids is 1. The molecule has 0 radical (unpaired) electrons. The van der Waals surface area contributed by atoms with Gasteiger partial charge in [-0.25, -0.2) is 14.5 Å². The Balaban J connectivity index is 2.48. The van der Waals surface area contributed by atoms with Crippen molar-refractivity contribution in [3.63, 3.8) is 0 Å². The van der Waals surface area contributed by atoms with Crippen molar-refractivity contribution in [2.24, 2.45) is 0 Å². The normalized spacial score (nSPS) is 18.4. The van der Waals surface area contributed by atoms with Crippen LogP contribution in [0.15, 0.2) is 11.4 Å². The first-order valence-electron chi connectivity index (χ1n) is 4.82. The predicted octanol–water partition coefficient (Wildman–Crippen LogP) is 1.28. The lowest BCUT2D eigenvalue weighted by Crippen LogP contribution is -2.40. The van der Waals surface area contributed by atoms with E-state index in [1.807, 2.05) is 0 Å². The first-order valence-corrected chi connectivity index (χ1v) is 5.70. The van der Waals surface area contributed by atoms with E-state index < -0.39 is 23.4 Å². The number of carbonyl (C=O) groups is 3. The standard InChI is InChI=1S/C10H10N2O4S/c1-10(2)8(15)12(9(16)11-10)6-5(7(13)14)3-4-17-6/h3-4H,1-2H3,(H,11,16)(H,13,14). The number of carboxylic acids is 1. The lowest BCUT2D eigenvalue weighted by molar-refractivity contribution is -0.120. The summed E-state index contributed by atoms with van der Waals surface area (Å²) >= 11 is 1.05. The lowest BCUT2D eigenvalue weighted by Gasteiger charge is -2.15. The molecule has 0 spiro atoms. The number of thiophene rings is 1. The Hall–Kier alpha value is -1.89. The van der Waals surface area contributed by atoms with Crippen molar-refractivity contribution in [3.05, 3.63) is 17.0 Å². The number of rotatable bonds is 2. The number of nitrogens with one attached hydrogen (secondary N) is 1. The minimum Gasteiger partial charge on any atom is -0.478 e. The minimum atomic E-state index is -1.16. The third kappa shape index (κ3) is 1.68. The van der Waals surface area contributed by atoms with Crippen LogP contribution >= 0.6 is 11.3 Å². The van der Waals surface area contributed by atoms with Crippen LogP contribution < -0.4 is 10.2 Å². The van der Waals surface area contributed by atoms with E-state index in [2.05, 4.69) is 5.32 Å². The second kappa shape index (κ2) is 3.56. The predicted molar refractivity (Wildman–Crippen MR) is 61.4 cm³/mol. The van der Waals surface area contributed by atoms with Crippen molar-refractivity contribution < 1.29 is 19.5 Å². The number of hydrogen-bond donors (Lipinski definition) is 2. The molecule has 1 aliphatic rings. The first-order chi connectivity index (χ1) is 7.84. The molecule has 0 aromatic carbocycles. The topological polar surface area (TPSA) is 86.7 Å². The maximum absolute atomic E-state index is 12.0. The fourth-order valence-corrected chi connectivity index (χ4v) is 2.46. The van der Waals surface area contributed by atoms with Crippen LogP contribution in [0.4, 0.5) is 9.80 Å². The Morgan fingerprint density at radius 3 is 2.59 bits per heavy atom. The Morgan fingerprint density at radius 2 is 2.12 bits per heavy atom. The molecular weight excluding hydrogens is 244 g/mol.